The summed E-state index contributed by atoms with van der Waals surface area (Å²) in [4.78, 5) is 12.6. The van der Waals surface area contributed by atoms with Crippen molar-refractivity contribution in [1.29, 1.82) is 0 Å². The van der Waals surface area contributed by atoms with Crippen molar-refractivity contribution < 1.29 is 14.6 Å². The van der Waals surface area contributed by atoms with Crippen LogP contribution in [-0.2, 0) is 11.4 Å². The SMILES string of the molecule is COc1ccc(NC(=O)C2(C)CCCCCC2)cc1CO. The molecule has 0 heterocycles. The van der Waals surface area contributed by atoms with Gasteiger partial charge >= 0.3 is 0 Å². The second-order valence-corrected chi connectivity index (χ2v) is 6.11. The number of nitrogens with one attached hydrogen (secondary N) is 1. The van der Waals surface area contributed by atoms with E-state index in [0.717, 1.165) is 31.4 Å². The Morgan fingerprint density at radius 1 is 1.29 bits per heavy atom. The molecule has 1 aromatic rings. The molecule has 4 nitrogen and oxygen atoms in total. The molecule has 116 valence electrons. The van der Waals surface area contributed by atoms with E-state index >= 15 is 0 Å². The monoisotopic (exact) mass is 291 g/mol. The van der Waals surface area contributed by atoms with Gasteiger partial charge in [-0.3, -0.25) is 4.79 Å². The standard InChI is InChI=1S/C17H25NO3/c1-17(9-5-3-4-6-10-17)16(20)18-14-7-8-15(21-2)13(11-14)12-19/h7-8,11,19H,3-6,9-10,12H2,1-2H3,(H,18,20). The number of anilines is 1. The molecule has 0 bridgehead atoms. The highest BCUT2D eigenvalue weighted by Crippen LogP contribution is 2.36. The van der Waals surface area contributed by atoms with Gasteiger partial charge in [-0.15, -0.1) is 0 Å². The van der Waals surface area contributed by atoms with Gasteiger partial charge in [0, 0.05) is 16.7 Å². The molecule has 0 unspecified atom stereocenters. The number of aliphatic hydroxyl groups is 1. The zero-order valence-corrected chi connectivity index (χ0v) is 12.9. The molecular weight excluding hydrogens is 266 g/mol. The molecule has 1 fully saturated rings. The van der Waals surface area contributed by atoms with Crippen LogP contribution in [0.3, 0.4) is 0 Å². The van der Waals surface area contributed by atoms with E-state index in [1.165, 1.54) is 12.8 Å². The van der Waals surface area contributed by atoms with E-state index in [4.69, 9.17) is 4.74 Å². The third-order valence-electron chi connectivity index (χ3n) is 4.46. The van der Waals surface area contributed by atoms with E-state index in [2.05, 4.69) is 12.2 Å². The Hall–Kier alpha value is -1.55. The van der Waals surface area contributed by atoms with Crippen molar-refractivity contribution in [2.45, 2.75) is 52.1 Å². The number of aliphatic hydroxyl groups excluding tert-OH is 1. The minimum absolute atomic E-state index is 0.0819. The Labute approximate surface area is 126 Å². The van der Waals surface area contributed by atoms with Crippen molar-refractivity contribution in [2.75, 3.05) is 12.4 Å². The Bertz CT molecular complexity index is 491. The van der Waals surface area contributed by atoms with Crippen molar-refractivity contribution in [2.24, 2.45) is 5.41 Å². The van der Waals surface area contributed by atoms with E-state index in [1.807, 2.05) is 6.07 Å². The van der Waals surface area contributed by atoms with Crippen LogP contribution in [0.25, 0.3) is 0 Å². The van der Waals surface area contributed by atoms with E-state index in [0.29, 0.717) is 11.3 Å². The highest BCUT2D eigenvalue weighted by Gasteiger charge is 2.33. The van der Waals surface area contributed by atoms with Gasteiger partial charge in [0.25, 0.3) is 0 Å². The van der Waals surface area contributed by atoms with Gasteiger partial charge in [0.2, 0.25) is 5.91 Å². The molecule has 1 aliphatic carbocycles. The van der Waals surface area contributed by atoms with Gasteiger partial charge in [-0.1, -0.05) is 32.6 Å². The maximum Gasteiger partial charge on any atom is 0.230 e. The van der Waals surface area contributed by atoms with Gasteiger partial charge in [-0.05, 0) is 31.0 Å². The average molecular weight is 291 g/mol. The average Bonchev–Trinajstić information content (AvgIpc) is 2.73. The molecule has 21 heavy (non-hydrogen) atoms. The minimum Gasteiger partial charge on any atom is -0.496 e. The number of benzene rings is 1. The summed E-state index contributed by atoms with van der Waals surface area (Å²) in [5.74, 6) is 0.717. The number of methoxy groups -OCH3 is 1. The summed E-state index contributed by atoms with van der Waals surface area (Å²) in [5, 5.41) is 12.4. The lowest BCUT2D eigenvalue weighted by Crippen LogP contribution is -2.33. The number of hydrogen-bond donors (Lipinski definition) is 2. The summed E-state index contributed by atoms with van der Waals surface area (Å²) in [6.07, 6.45) is 6.58. The Kier molecular flexibility index (Phi) is 5.23. The largest absolute Gasteiger partial charge is 0.496 e. The second kappa shape index (κ2) is 6.94. The van der Waals surface area contributed by atoms with E-state index in [9.17, 15) is 9.90 Å². The molecule has 4 heteroatoms. The first-order valence-electron chi connectivity index (χ1n) is 7.68. The molecule has 1 saturated carbocycles. The normalized spacial score (nSPS) is 17.9. The first-order chi connectivity index (χ1) is 10.1. The molecule has 0 atom stereocenters. The molecule has 2 rings (SSSR count). The highest BCUT2D eigenvalue weighted by molar-refractivity contribution is 5.95. The topological polar surface area (TPSA) is 58.6 Å². The zero-order chi connectivity index (χ0) is 15.3. The maximum absolute atomic E-state index is 12.6. The molecule has 1 amide bonds. The summed E-state index contributed by atoms with van der Waals surface area (Å²) in [5.41, 5.74) is 1.12. The van der Waals surface area contributed by atoms with Gasteiger partial charge in [-0.25, -0.2) is 0 Å². The summed E-state index contributed by atoms with van der Waals surface area (Å²) in [6.45, 7) is 1.95. The van der Waals surface area contributed by atoms with Crippen molar-refractivity contribution in [3.63, 3.8) is 0 Å². The Morgan fingerprint density at radius 2 is 1.95 bits per heavy atom. The summed E-state index contributed by atoms with van der Waals surface area (Å²) >= 11 is 0. The number of ether oxygens (including phenoxy) is 1. The number of hydrogen-bond acceptors (Lipinski definition) is 3. The van der Waals surface area contributed by atoms with Crippen molar-refractivity contribution in [3.8, 4) is 5.75 Å². The molecule has 0 radical (unpaired) electrons. The first-order valence-corrected chi connectivity index (χ1v) is 7.68. The molecule has 0 aromatic heterocycles. The third kappa shape index (κ3) is 3.76. The molecule has 2 N–H and O–H groups in total. The van der Waals surface area contributed by atoms with Crippen LogP contribution >= 0.6 is 0 Å². The van der Waals surface area contributed by atoms with E-state index in [-0.39, 0.29) is 17.9 Å². The Balaban J connectivity index is 2.11. The van der Waals surface area contributed by atoms with Crippen LogP contribution in [0.15, 0.2) is 18.2 Å². The Morgan fingerprint density at radius 3 is 2.52 bits per heavy atom. The molecular formula is C17H25NO3. The summed E-state index contributed by atoms with van der Waals surface area (Å²) in [6, 6.07) is 5.36. The van der Waals surface area contributed by atoms with Gasteiger partial charge in [0.1, 0.15) is 5.75 Å². The summed E-state index contributed by atoms with van der Waals surface area (Å²) < 4.78 is 5.18. The van der Waals surface area contributed by atoms with Crippen molar-refractivity contribution >= 4 is 11.6 Å². The summed E-state index contributed by atoms with van der Waals surface area (Å²) in [7, 11) is 1.57. The minimum atomic E-state index is -0.282. The van der Waals surface area contributed by atoms with E-state index < -0.39 is 0 Å². The number of amides is 1. The van der Waals surface area contributed by atoms with Crippen LogP contribution < -0.4 is 10.1 Å². The first kappa shape index (κ1) is 15.8. The van der Waals surface area contributed by atoms with Gasteiger partial charge in [0.05, 0.1) is 13.7 Å². The smallest absolute Gasteiger partial charge is 0.230 e. The zero-order valence-electron chi connectivity index (χ0n) is 12.9. The number of carbonyl (C=O) groups excluding carboxylic acids is 1. The molecule has 1 aliphatic rings. The van der Waals surface area contributed by atoms with Crippen molar-refractivity contribution in [3.05, 3.63) is 23.8 Å². The van der Waals surface area contributed by atoms with E-state index in [1.54, 1.807) is 19.2 Å². The maximum atomic E-state index is 12.6. The van der Waals surface area contributed by atoms with Crippen LogP contribution in [0.2, 0.25) is 0 Å². The van der Waals surface area contributed by atoms with Gasteiger partial charge < -0.3 is 15.2 Å². The fourth-order valence-electron chi connectivity index (χ4n) is 3.00. The fraction of sp³-hybridized carbons (Fsp3) is 0.588. The molecule has 0 saturated heterocycles. The van der Waals surface area contributed by atoms with Crippen LogP contribution in [0, 0.1) is 5.41 Å². The molecule has 0 spiro atoms. The fourth-order valence-corrected chi connectivity index (χ4v) is 3.00. The van der Waals surface area contributed by atoms with Crippen molar-refractivity contribution in [1.82, 2.24) is 0 Å². The number of carbonyl (C=O) groups is 1. The predicted molar refractivity (Wildman–Crippen MR) is 83.4 cm³/mol. The highest BCUT2D eigenvalue weighted by atomic mass is 16.5. The third-order valence-corrected chi connectivity index (χ3v) is 4.46. The van der Waals surface area contributed by atoms with Crippen LogP contribution in [0.1, 0.15) is 51.0 Å². The van der Waals surface area contributed by atoms with Crippen LogP contribution in [-0.4, -0.2) is 18.1 Å². The second-order valence-electron chi connectivity index (χ2n) is 6.11. The van der Waals surface area contributed by atoms with Gasteiger partial charge in [-0.2, -0.15) is 0 Å². The predicted octanol–water partition coefficient (Wildman–Crippen LogP) is 3.49. The molecule has 0 aliphatic heterocycles. The lowest BCUT2D eigenvalue weighted by atomic mass is 9.81. The molecule has 1 aromatic carbocycles. The number of rotatable bonds is 4. The van der Waals surface area contributed by atoms with Gasteiger partial charge in [0.15, 0.2) is 0 Å². The van der Waals surface area contributed by atoms with Crippen LogP contribution in [0.5, 0.6) is 5.75 Å². The lowest BCUT2D eigenvalue weighted by molar-refractivity contribution is -0.125. The quantitative estimate of drug-likeness (QED) is 0.835. The van der Waals surface area contributed by atoms with Crippen LogP contribution in [0.4, 0.5) is 5.69 Å². The lowest BCUT2D eigenvalue weighted by Gasteiger charge is -2.26.